The van der Waals surface area contributed by atoms with Crippen molar-refractivity contribution in [1.29, 1.82) is 0 Å². The SMILES string of the molecule is Cn1c(-c2cncnc2)nc2c(N3CCC(n4c(=O)[nH]c5ccccc54)CC3)ncnc21. The van der Waals surface area contributed by atoms with Gasteiger partial charge in [-0.15, -0.1) is 0 Å². The Kier molecular flexibility index (Phi) is 4.23. The van der Waals surface area contributed by atoms with Crippen LogP contribution in [0.15, 0.2) is 54.1 Å². The minimum Gasteiger partial charge on any atom is -0.355 e. The maximum absolute atomic E-state index is 12.6. The Morgan fingerprint density at radius 1 is 1.03 bits per heavy atom. The normalized spacial score (nSPS) is 15.1. The van der Waals surface area contributed by atoms with Crippen molar-refractivity contribution in [2.24, 2.45) is 7.05 Å². The van der Waals surface area contributed by atoms with Gasteiger partial charge in [-0.25, -0.2) is 29.7 Å². The number of H-pyrrole nitrogens is 1. The van der Waals surface area contributed by atoms with Crippen molar-refractivity contribution < 1.29 is 0 Å². The van der Waals surface area contributed by atoms with Crippen molar-refractivity contribution in [2.75, 3.05) is 18.0 Å². The molecule has 1 aliphatic rings. The van der Waals surface area contributed by atoms with Crippen LogP contribution in [0.4, 0.5) is 5.82 Å². The Balaban J connectivity index is 1.32. The van der Waals surface area contributed by atoms with E-state index in [0.29, 0.717) is 0 Å². The number of benzene rings is 1. The highest BCUT2D eigenvalue weighted by atomic mass is 16.1. The molecule has 1 aliphatic heterocycles. The third kappa shape index (κ3) is 2.87. The van der Waals surface area contributed by atoms with E-state index in [1.165, 1.54) is 6.33 Å². The zero-order valence-corrected chi connectivity index (χ0v) is 17.5. The molecule has 6 rings (SSSR count). The fourth-order valence-electron chi connectivity index (χ4n) is 4.66. The average Bonchev–Trinajstić information content (AvgIpc) is 3.36. The Morgan fingerprint density at radius 2 is 1.81 bits per heavy atom. The third-order valence-corrected chi connectivity index (χ3v) is 6.21. The molecule has 1 N–H and O–H groups in total. The van der Waals surface area contributed by atoms with Crippen LogP contribution >= 0.6 is 0 Å². The number of piperidine rings is 1. The first kappa shape index (κ1) is 18.7. The molecule has 1 aromatic carbocycles. The van der Waals surface area contributed by atoms with Gasteiger partial charge in [0.1, 0.15) is 18.5 Å². The van der Waals surface area contributed by atoms with Gasteiger partial charge < -0.3 is 14.5 Å². The maximum atomic E-state index is 12.6. The lowest BCUT2D eigenvalue weighted by atomic mass is 10.0. The summed E-state index contributed by atoms with van der Waals surface area (Å²) in [4.78, 5) is 39.9. The van der Waals surface area contributed by atoms with E-state index in [9.17, 15) is 4.79 Å². The number of hydrogen-bond donors (Lipinski definition) is 1. The van der Waals surface area contributed by atoms with Crippen LogP contribution in [0.3, 0.4) is 0 Å². The quantitative estimate of drug-likeness (QED) is 0.470. The van der Waals surface area contributed by atoms with Gasteiger partial charge in [0.15, 0.2) is 17.0 Å². The first-order valence-corrected chi connectivity index (χ1v) is 10.6. The van der Waals surface area contributed by atoms with Crippen molar-refractivity contribution in [2.45, 2.75) is 18.9 Å². The van der Waals surface area contributed by atoms with Gasteiger partial charge in [0.25, 0.3) is 0 Å². The van der Waals surface area contributed by atoms with Crippen molar-refractivity contribution in [3.8, 4) is 11.4 Å². The second kappa shape index (κ2) is 7.26. The third-order valence-electron chi connectivity index (χ3n) is 6.21. The minimum absolute atomic E-state index is 0.0477. The summed E-state index contributed by atoms with van der Waals surface area (Å²) in [6.07, 6.45) is 8.26. The predicted octanol–water partition coefficient (Wildman–Crippen LogP) is 2.30. The van der Waals surface area contributed by atoms with E-state index >= 15 is 0 Å². The number of aromatic amines is 1. The van der Waals surface area contributed by atoms with E-state index in [1.54, 1.807) is 18.7 Å². The first-order chi connectivity index (χ1) is 15.7. The van der Waals surface area contributed by atoms with Crippen LogP contribution in [0.5, 0.6) is 0 Å². The molecule has 0 aliphatic carbocycles. The van der Waals surface area contributed by atoms with Crippen LogP contribution in [0.1, 0.15) is 18.9 Å². The number of aromatic nitrogens is 8. The molecule has 10 nitrogen and oxygen atoms in total. The number of imidazole rings is 2. The molecule has 1 saturated heterocycles. The molecule has 0 radical (unpaired) electrons. The Morgan fingerprint density at radius 3 is 2.62 bits per heavy atom. The van der Waals surface area contributed by atoms with E-state index in [-0.39, 0.29) is 11.7 Å². The van der Waals surface area contributed by atoms with Gasteiger partial charge in [-0.05, 0) is 25.0 Å². The molecule has 0 unspecified atom stereocenters. The monoisotopic (exact) mass is 427 g/mol. The highest BCUT2D eigenvalue weighted by Gasteiger charge is 2.26. The molecule has 160 valence electrons. The Bertz CT molecular complexity index is 1480. The van der Waals surface area contributed by atoms with Crippen LogP contribution in [-0.4, -0.2) is 52.1 Å². The van der Waals surface area contributed by atoms with Gasteiger partial charge in [-0.2, -0.15) is 0 Å². The van der Waals surface area contributed by atoms with Gasteiger partial charge in [0, 0.05) is 38.6 Å². The molecule has 0 bridgehead atoms. The summed E-state index contributed by atoms with van der Waals surface area (Å²) < 4.78 is 3.84. The number of nitrogens with zero attached hydrogens (tertiary/aromatic N) is 8. The number of para-hydroxylation sites is 2. The molecule has 4 aromatic heterocycles. The molecular formula is C22H21N9O. The van der Waals surface area contributed by atoms with Gasteiger partial charge in [0.2, 0.25) is 0 Å². The molecule has 5 heterocycles. The standard InChI is InChI=1S/C22H21N9O/c1-29-19(14-10-23-12-24-11-14)28-18-20(29)25-13-26-21(18)30-8-6-15(7-9-30)31-17-5-3-2-4-16(17)27-22(31)32/h2-5,10-13,15H,6-9H2,1H3,(H,27,32). The topological polar surface area (TPSA) is 110 Å². The molecule has 5 aromatic rings. The lowest BCUT2D eigenvalue weighted by Crippen LogP contribution is -2.37. The second-order valence-electron chi connectivity index (χ2n) is 8.03. The minimum atomic E-state index is -0.0477. The summed E-state index contributed by atoms with van der Waals surface area (Å²) in [5, 5.41) is 0. The molecular weight excluding hydrogens is 406 g/mol. The number of aryl methyl sites for hydroxylation is 1. The fourth-order valence-corrected chi connectivity index (χ4v) is 4.66. The fraction of sp³-hybridized carbons (Fsp3) is 0.273. The van der Waals surface area contributed by atoms with Crippen molar-refractivity contribution in [3.63, 3.8) is 0 Å². The van der Waals surface area contributed by atoms with E-state index < -0.39 is 0 Å². The lowest BCUT2D eigenvalue weighted by molar-refractivity contribution is 0.395. The van der Waals surface area contributed by atoms with Crippen molar-refractivity contribution in [1.82, 2.24) is 39.0 Å². The largest absolute Gasteiger partial charge is 0.355 e. The van der Waals surface area contributed by atoms with Gasteiger partial charge in [-0.1, -0.05) is 12.1 Å². The molecule has 0 atom stereocenters. The van der Waals surface area contributed by atoms with Crippen LogP contribution in [0.2, 0.25) is 0 Å². The Labute approximate surface area is 182 Å². The highest BCUT2D eigenvalue weighted by Crippen LogP contribution is 2.31. The zero-order valence-electron chi connectivity index (χ0n) is 17.5. The van der Waals surface area contributed by atoms with Crippen LogP contribution < -0.4 is 10.6 Å². The van der Waals surface area contributed by atoms with Crippen LogP contribution in [0, 0.1) is 0 Å². The molecule has 1 fully saturated rings. The number of anilines is 1. The number of fused-ring (bicyclic) bond motifs is 2. The predicted molar refractivity (Wildman–Crippen MR) is 120 cm³/mol. The molecule has 0 spiro atoms. The summed E-state index contributed by atoms with van der Waals surface area (Å²) in [6.45, 7) is 1.56. The number of nitrogens with one attached hydrogen (secondary N) is 1. The zero-order chi connectivity index (χ0) is 21.7. The Hall–Kier alpha value is -4.08. The van der Waals surface area contributed by atoms with Gasteiger partial charge >= 0.3 is 5.69 Å². The summed E-state index contributed by atoms with van der Waals surface area (Å²) in [7, 11) is 1.93. The summed E-state index contributed by atoms with van der Waals surface area (Å²) in [5.74, 6) is 1.57. The molecule has 0 amide bonds. The van der Waals surface area contributed by atoms with Gasteiger partial charge in [0.05, 0.1) is 16.6 Å². The van der Waals surface area contributed by atoms with Gasteiger partial charge in [-0.3, -0.25) is 4.57 Å². The lowest BCUT2D eigenvalue weighted by Gasteiger charge is -2.33. The first-order valence-electron chi connectivity index (χ1n) is 10.6. The van der Waals surface area contributed by atoms with E-state index in [2.05, 4.69) is 29.8 Å². The highest BCUT2D eigenvalue weighted by molar-refractivity contribution is 5.86. The summed E-state index contributed by atoms with van der Waals surface area (Å²) >= 11 is 0. The smallest absolute Gasteiger partial charge is 0.326 e. The average molecular weight is 427 g/mol. The molecule has 32 heavy (non-hydrogen) atoms. The van der Waals surface area contributed by atoms with Crippen molar-refractivity contribution in [3.05, 3.63) is 59.8 Å². The number of rotatable bonds is 3. The summed E-state index contributed by atoms with van der Waals surface area (Å²) in [5.41, 5.74) is 4.15. The van der Waals surface area contributed by atoms with Crippen LogP contribution in [0.25, 0.3) is 33.6 Å². The number of hydrogen-bond acceptors (Lipinski definition) is 7. The van der Waals surface area contributed by atoms with E-state index in [0.717, 1.165) is 65.3 Å². The van der Waals surface area contributed by atoms with E-state index in [4.69, 9.17) is 4.98 Å². The molecule has 0 saturated carbocycles. The van der Waals surface area contributed by atoms with E-state index in [1.807, 2.05) is 40.4 Å². The van der Waals surface area contributed by atoms with Crippen LogP contribution in [-0.2, 0) is 7.05 Å². The maximum Gasteiger partial charge on any atom is 0.326 e. The summed E-state index contributed by atoms with van der Waals surface area (Å²) in [6, 6.07) is 7.99. The van der Waals surface area contributed by atoms with Crippen molar-refractivity contribution >= 4 is 28.0 Å². The second-order valence-corrected chi connectivity index (χ2v) is 8.03. The molecule has 10 heteroatoms.